The number of nitrogens with one attached hydrogen (secondary N) is 1. The molecule has 0 aromatic heterocycles. The predicted octanol–water partition coefficient (Wildman–Crippen LogP) is 4.51. The highest BCUT2D eigenvalue weighted by Crippen LogP contribution is 2.37. The summed E-state index contributed by atoms with van der Waals surface area (Å²) in [6.45, 7) is 2.12. The summed E-state index contributed by atoms with van der Waals surface area (Å²) in [7, 11) is 0. The second-order valence-electron chi connectivity index (χ2n) is 6.22. The topological polar surface area (TPSA) is 49.4 Å². The maximum Gasteiger partial charge on any atom is 0.244 e. The van der Waals surface area contributed by atoms with Crippen molar-refractivity contribution in [2.75, 3.05) is 11.9 Å². The monoisotopic (exact) mass is 400 g/mol. The standard InChI is InChI=1S/C20H21BrN2O2/c1-2-3-9-19(25)23-13-18(24)22-17-11-10-15(21)12-16(17)20(23)14-7-5-4-6-8-14/h4-8,10-12,20H,2-3,9,13H2,1H3,(H,22,24). The second kappa shape index (κ2) is 7.83. The van der Waals surface area contributed by atoms with Gasteiger partial charge in [0.25, 0.3) is 0 Å². The number of carbonyl (C=O) groups excluding carboxylic acids is 2. The number of carbonyl (C=O) groups is 2. The fraction of sp³-hybridized carbons (Fsp3) is 0.300. The van der Waals surface area contributed by atoms with Gasteiger partial charge in [-0.1, -0.05) is 59.6 Å². The van der Waals surface area contributed by atoms with Gasteiger partial charge in [-0.2, -0.15) is 0 Å². The van der Waals surface area contributed by atoms with Crippen molar-refractivity contribution < 1.29 is 9.59 Å². The number of nitrogens with zero attached hydrogens (tertiary/aromatic N) is 1. The van der Waals surface area contributed by atoms with Gasteiger partial charge < -0.3 is 10.2 Å². The van der Waals surface area contributed by atoms with Gasteiger partial charge in [-0.25, -0.2) is 0 Å². The van der Waals surface area contributed by atoms with Crippen LogP contribution in [0.2, 0.25) is 0 Å². The molecule has 3 rings (SSSR count). The minimum absolute atomic E-state index is 0.0127. The molecule has 1 unspecified atom stereocenters. The first-order chi connectivity index (χ1) is 12.1. The molecule has 2 aromatic rings. The Bertz CT molecular complexity index is 777. The van der Waals surface area contributed by atoms with E-state index in [1.807, 2.05) is 48.5 Å². The molecule has 1 heterocycles. The number of benzene rings is 2. The number of hydrogen-bond acceptors (Lipinski definition) is 2. The Hall–Kier alpha value is -2.14. The van der Waals surface area contributed by atoms with Crippen molar-refractivity contribution in [2.45, 2.75) is 32.2 Å². The molecule has 4 nitrogen and oxygen atoms in total. The van der Waals surface area contributed by atoms with E-state index < -0.39 is 0 Å². The molecule has 1 aliphatic rings. The van der Waals surface area contributed by atoms with Crippen LogP contribution in [0.1, 0.15) is 43.4 Å². The van der Waals surface area contributed by atoms with E-state index in [-0.39, 0.29) is 24.4 Å². The number of hydrogen-bond donors (Lipinski definition) is 1. The first-order valence-electron chi connectivity index (χ1n) is 8.54. The van der Waals surface area contributed by atoms with Gasteiger partial charge in [0.05, 0.1) is 6.04 Å². The van der Waals surface area contributed by atoms with Crippen molar-refractivity contribution in [1.82, 2.24) is 4.90 Å². The van der Waals surface area contributed by atoms with Gasteiger partial charge in [-0.05, 0) is 30.2 Å². The third kappa shape index (κ3) is 3.93. The van der Waals surface area contributed by atoms with E-state index in [1.54, 1.807) is 4.90 Å². The maximum absolute atomic E-state index is 12.9. The third-order valence-corrected chi connectivity index (χ3v) is 4.88. The Kier molecular flexibility index (Phi) is 5.53. The SMILES string of the molecule is CCCCC(=O)N1CC(=O)Nc2ccc(Br)cc2C1c1ccccc1. The predicted molar refractivity (Wildman–Crippen MR) is 102 cm³/mol. The van der Waals surface area contributed by atoms with E-state index in [0.717, 1.165) is 34.1 Å². The third-order valence-electron chi connectivity index (χ3n) is 4.39. The summed E-state index contributed by atoms with van der Waals surface area (Å²) in [5, 5.41) is 2.94. The average Bonchev–Trinajstić information content (AvgIpc) is 2.76. The van der Waals surface area contributed by atoms with Crippen LogP contribution in [0.3, 0.4) is 0 Å². The summed E-state index contributed by atoms with van der Waals surface area (Å²) in [5.74, 6) is -0.148. The molecule has 2 aromatic carbocycles. The number of unbranched alkanes of at least 4 members (excludes halogenated alkanes) is 1. The van der Waals surface area contributed by atoms with E-state index >= 15 is 0 Å². The van der Waals surface area contributed by atoms with Crippen molar-refractivity contribution in [1.29, 1.82) is 0 Å². The Morgan fingerprint density at radius 2 is 2.00 bits per heavy atom. The molecular weight excluding hydrogens is 380 g/mol. The van der Waals surface area contributed by atoms with Crippen molar-refractivity contribution in [3.63, 3.8) is 0 Å². The Balaban J connectivity index is 2.12. The zero-order valence-electron chi connectivity index (χ0n) is 14.2. The lowest BCUT2D eigenvalue weighted by atomic mass is 9.95. The summed E-state index contributed by atoms with van der Waals surface area (Å²) in [4.78, 5) is 27.0. The number of amides is 2. The largest absolute Gasteiger partial charge is 0.324 e. The zero-order chi connectivity index (χ0) is 17.8. The Labute approximate surface area is 156 Å². The normalized spacial score (nSPS) is 16.8. The molecule has 0 saturated carbocycles. The minimum atomic E-state index is -0.281. The molecule has 1 aliphatic heterocycles. The van der Waals surface area contributed by atoms with Gasteiger partial charge in [0.2, 0.25) is 11.8 Å². The molecule has 0 saturated heterocycles. The summed E-state index contributed by atoms with van der Waals surface area (Å²) < 4.78 is 0.921. The van der Waals surface area contributed by atoms with Crippen LogP contribution in [-0.4, -0.2) is 23.3 Å². The zero-order valence-corrected chi connectivity index (χ0v) is 15.8. The molecule has 130 valence electrons. The number of halogens is 1. The van der Waals surface area contributed by atoms with Crippen LogP contribution in [0.4, 0.5) is 5.69 Å². The first-order valence-corrected chi connectivity index (χ1v) is 9.33. The van der Waals surface area contributed by atoms with Gasteiger partial charge in [-0.15, -0.1) is 0 Å². The first kappa shape index (κ1) is 17.7. The fourth-order valence-electron chi connectivity index (χ4n) is 3.18. The summed E-state index contributed by atoms with van der Waals surface area (Å²) in [6.07, 6.45) is 2.23. The van der Waals surface area contributed by atoms with Gasteiger partial charge >= 0.3 is 0 Å². The van der Waals surface area contributed by atoms with Crippen molar-refractivity contribution in [2.24, 2.45) is 0 Å². The van der Waals surface area contributed by atoms with E-state index in [2.05, 4.69) is 28.2 Å². The number of fused-ring (bicyclic) bond motifs is 1. The van der Waals surface area contributed by atoms with Gasteiger partial charge in [0.15, 0.2) is 0 Å². The molecule has 25 heavy (non-hydrogen) atoms. The van der Waals surface area contributed by atoms with Crippen LogP contribution in [0.15, 0.2) is 53.0 Å². The summed E-state index contributed by atoms with van der Waals surface area (Å²) >= 11 is 3.51. The maximum atomic E-state index is 12.9. The van der Waals surface area contributed by atoms with Gasteiger partial charge in [-0.3, -0.25) is 9.59 Å². The lowest BCUT2D eigenvalue weighted by Crippen LogP contribution is -2.38. The molecule has 2 amide bonds. The molecular formula is C20H21BrN2O2. The van der Waals surface area contributed by atoms with Crippen LogP contribution < -0.4 is 5.32 Å². The number of anilines is 1. The highest BCUT2D eigenvalue weighted by Gasteiger charge is 2.33. The Morgan fingerprint density at radius 3 is 2.72 bits per heavy atom. The molecule has 1 N–H and O–H groups in total. The smallest absolute Gasteiger partial charge is 0.244 e. The average molecular weight is 401 g/mol. The molecule has 5 heteroatoms. The second-order valence-corrected chi connectivity index (χ2v) is 7.13. The summed E-state index contributed by atoms with van der Waals surface area (Å²) in [6, 6.07) is 15.4. The van der Waals surface area contributed by atoms with E-state index in [9.17, 15) is 9.59 Å². The quantitative estimate of drug-likeness (QED) is 0.820. The van der Waals surface area contributed by atoms with E-state index in [4.69, 9.17) is 0 Å². The van der Waals surface area contributed by atoms with Crippen LogP contribution in [0, 0.1) is 0 Å². The highest BCUT2D eigenvalue weighted by atomic mass is 79.9. The molecule has 0 bridgehead atoms. The minimum Gasteiger partial charge on any atom is -0.324 e. The molecule has 0 spiro atoms. The number of rotatable bonds is 4. The molecule has 0 fully saturated rings. The molecule has 1 atom stereocenters. The van der Waals surface area contributed by atoms with Crippen LogP contribution >= 0.6 is 15.9 Å². The van der Waals surface area contributed by atoms with Gasteiger partial charge in [0, 0.05) is 22.1 Å². The van der Waals surface area contributed by atoms with Gasteiger partial charge in [0.1, 0.15) is 6.54 Å². The summed E-state index contributed by atoms with van der Waals surface area (Å²) in [5.41, 5.74) is 2.69. The molecule has 0 aliphatic carbocycles. The fourth-order valence-corrected chi connectivity index (χ4v) is 3.55. The van der Waals surface area contributed by atoms with Crippen molar-refractivity contribution in [3.8, 4) is 0 Å². The van der Waals surface area contributed by atoms with Crippen LogP contribution in [-0.2, 0) is 9.59 Å². The van der Waals surface area contributed by atoms with Crippen LogP contribution in [0.25, 0.3) is 0 Å². The van der Waals surface area contributed by atoms with Crippen molar-refractivity contribution >= 4 is 33.4 Å². The van der Waals surface area contributed by atoms with E-state index in [1.165, 1.54) is 0 Å². The lowest BCUT2D eigenvalue weighted by molar-refractivity contribution is -0.136. The van der Waals surface area contributed by atoms with E-state index in [0.29, 0.717) is 6.42 Å². The Morgan fingerprint density at radius 1 is 1.24 bits per heavy atom. The van der Waals surface area contributed by atoms with Crippen molar-refractivity contribution in [3.05, 3.63) is 64.1 Å². The van der Waals surface area contributed by atoms with Crippen LogP contribution in [0.5, 0.6) is 0 Å². The lowest BCUT2D eigenvalue weighted by Gasteiger charge is -2.30. The highest BCUT2D eigenvalue weighted by molar-refractivity contribution is 9.10. The molecule has 0 radical (unpaired) electrons.